The Kier molecular flexibility index (Phi) is 3.76. The molecule has 0 spiro atoms. The van der Waals surface area contributed by atoms with E-state index in [-0.39, 0.29) is 11.8 Å². The van der Waals surface area contributed by atoms with Crippen molar-refractivity contribution in [3.8, 4) is 0 Å². The standard InChI is InChI=1S/C9H16N4O/c1-3-13-9(11-6-12-13)5-8(14)4-7(2)10/h6-7H,3-5,10H2,1-2H3. The lowest BCUT2D eigenvalue weighted by atomic mass is 10.1. The van der Waals surface area contributed by atoms with Crippen molar-refractivity contribution in [2.75, 3.05) is 0 Å². The van der Waals surface area contributed by atoms with Crippen LogP contribution in [0.2, 0.25) is 0 Å². The molecule has 2 N–H and O–H groups in total. The Bertz CT molecular complexity index is 306. The molecule has 0 aromatic carbocycles. The summed E-state index contributed by atoms with van der Waals surface area (Å²) in [5.41, 5.74) is 5.53. The van der Waals surface area contributed by atoms with Gasteiger partial charge in [-0.2, -0.15) is 5.10 Å². The van der Waals surface area contributed by atoms with Crippen LogP contribution < -0.4 is 5.73 Å². The van der Waals surface area contributed by atoms with Gasteiger partial charge < -0.3 is 5.73 Å². The van der Waals surface area contributed by atoms with Crippen molar-refractivity contribution in [1.82, 2.24) is 14.8 Å². The van der Waals surface area contributed by atoms with E-state index in [1.165, 1.54) is 6.33 Å². The lowest BCUT2D eigenvalue weighted by Gasteiger charge is -2.04. The molecular weight excluding hydrogens is 180 g/mol. The zero-order chi connectivity index (χ0) is 10.6. The summed E-state index contributed by atoms with van der Waals surface area (Å²) in [5, 5.41) is 3.99. The first-order valence-electron chi connectivity index (χ1n) is 4.77. The van der Waals surface area contributed by atoms with Crippen molar-refractivity contribution in [2.45, 2.75) is 39.3 Å². The second-order valence-electron chi connectivity index (χ2n) is 3.39. The summed E-state index contributed by atoms with van der Waals surface area (Å²) in [6, 6.07) is -0.0829. The minimum Gasteiger partial charge on any atom is -0.328 e. The number of aromatic nitrogens is 3. The van der Waals surface area contributed by atoms with Crippen LogP contribution in [0, 0.1) is 0 Å². The molecule has 0 aliphatic rings. The number of ketones is 1. The van der Waals surface area contributed by atoms with Crippen molar-refractivity contribution >= 4 is 5.78 Å². The van der Waals surface area contributed by atoms with Gasteiger partial charge in [-0.05, 0) is 13.8 Å². The van der Waals surface area contributed by atoms with Gasteiger partial charge in [0.05, 0.1) is 6.42 Å². The van der Waals surface area contributed by atoms with Gasteiger partial charge in [-0.15, -0.1) is 0 Å². The van der Waals surface area contributed by atoms with Crippen LogP contribution in [0.5, 0.6) is 0 Å². The smallest absolute Gasteiger partial charge is 0.141 e. The van der Waals surface area contributed by atoms with E-state index < -0.39 is 0 Å². The third kappa shape index (κ3) is 2.92. The van der Waals surface area contributed by atoms with E-state index in [9.17, 15) is 4.79 Å². The monoisotopic (exact) mass is 196 g/mol. The van der Waals surface area contributed by atoms with Crippen LogP contribution in [0.1, 0.15) is 26.1 Å². The maximum atomic E-state index is 11.4. The molecule has 14 heavy (non-hydrogen) atoms. The highest BCUT2D eigenvalue weighted by Gasteiger charge is 2.10. The summed E-state index contributed by atoms with van der Waals surface area (Å²) in [7, 11) is 0. The number of Topliss-reactive ketones (excluding diaryl/α,β-unsaturated/α-hetero) is 1. The number of nitrogens with zero attached hydrogens (tertiary/aromatic N) is 3. The van der Waals surface area contributed by atoms with Gasteiger partial charge in [0.25, 0.3) is 0 Å². The predicted octanol–water partition coefficient (Wildman–Crippen LogP) is 0.147. The topological polar surface area (TPSA) is 73.8 Å². The molecule has 0 radical (unpaired) electrons. The zero-order valence-electron chi connectivity index (χ0n) is 8.60. The molecule has 1 unspecified atom stereocenters. The molecule has 78 valence electrons. The van der Waals surface area contributed by atoms with E-state index in [2.05, 4.69) is 10.1 Å². The number of aryl methyl sites for hydroxylation is 1. The summed E-state index contributed by atoms with van der Waals surface area (Å²) >= 11 is 0. The molecule has 1 rings (SSSR count). The first-order valence-corrected chi connectivity index (χ1v) is 4.77. The molecule has 0 bridgehead atoms. The third-order valence-corrected chi connectivity index (χ3v) is 1.90. The molecule has 0 saturated heterocycles. The highest BCUT2D eigenvalue weighted by molar-refractivity contribution is 5.80. The summed E-state index contributed by atoms with van der Waals surface area (Å²) < 4.78 is 1.72. The maximum Gasteiger partial charge on any atom is 0.141 e. The van der Waals surface area contributed by atoms with Crippen LogP contribution in [0.15, 0.2) is 6.33 Å². The lowest BCUT2D eigenvalue weighted by molar-refractivity contribution is -0.118. The number of carbonyl (C=O) groups excluding carboxylic acids is 1. The molecule has 5 heteroatoms. The third-order valence-electron chi connectivity index (χ3n) is 1.90. The molecule has 5 nitrogen and oxygen atoms in total. The molecule has 1 aromatic heterocycles. The first kappa shape index (κ1) is 10.8. The van der Waals surface area contributed by atoms with Gasteiger partial charge in [-0.25, -0.2) is 9.67 Å². The van der Waals surface area contributed by atoms with Crippen molar-refractivity contribution in [2.24, 2.45) is 5.73 Å². The molecule has 0 fully saturated rings. The fourth-order valence-electron chi connectivity index (χ4n) is 1.30. The minimum atomic E-state index is -0.0829. The summed E-state index contributed by atoms with van der Waals surface area (Å²) in [6.45, 7) is 4.53. The minimum absolute atomic E-state index is 0.0829. The summed E-state index contributed by atoms with van der Waals surface area (Å²) in [4.78, 5) is 15.5. The van der Waals surface area contributed by atoms with Gasteiger partial charge in [-0.1, -0.05) is 0 Å². The molecule has 0 amide bonds. The van der Waals surface area contributed by atoms with Crippen LogP contribution in [-0.2, 0) is 17.8 Å². The normalized spacial score (nSPS) is 12.8. The van der Waals surface area contributed by atoms with E-state index in [4.69, 9.17) is 5.73 Å². The Balaban J connectivity index is 2.55. The number of nitrogens with two attached hydrogens (primary N) is 1. The van der Waals surface area contributed by atoms with E-state index in [1.807, 2.05) is 13.8 Å². The lowest BCUT2D eigenvalue weighted by Crippen LogP contribution is -2.21. The average Bonchev–Trinajstić information content (AvgIpc) is 2.50. The van der Waals surface area contributed by atoms with E-state index in [0.29, 0.717) is 12.8 Å². The second kappa shape index (κ2) is 4.85. The number of hydrogen-bond donors (Lipinski definition) is 1. The summed E-state index contributed by atoms with van der Waals surface area (Å²) in [6.07, 6.45) is 2.20. The molecule has 0 aliphatic carbocycles. The molecule has 1 aromatic rings. The summed E-state index contributed by atoms with van der Waals surface area (Å²) in [5.74, 6) is 0.834. The quantitative estimate of drug-likeness (QED) is 0.727. The van der Waals surface area contributed by atoms with Crippen molar-refractivity contribution in [3.63, 3.8) is 0 Å². The Morgan fingerprint density at radius 2 is 2.43 bits per heavy atom. The van der Waals surface area contributed by atoms with Crippen LogP contribution in [0.3, 0.4) is 0 Å². The van der Waals surface area contributed by atoms with E-state index >= 15 is 0 Å². The second-order valence-corrected chi connectivity index (χ2v) is 3.39. The van der Waals surface area contributed by atoms with Crippen LogP contribution in [0.25, 0.3) is 0 Å². The van der Waals surface area contributed by atoms with Crippen LogP contribution in [0.4, 0.5) is 0 Å². The van der Waals surface area contributed by atoms with Crippen molar-refractivity contribution in [1.29, 1.82) is 0 Å². The van der Waals surface area contributed by atoms with E-state index in [0.717, 1.165) is 12.4 Å². The fraction of sp³-hybridized carbons (Fsp3) is 0.667. The first-order chi connectivity index (χ1) is 6.63. The fourth-order valence-corrected chi connectivity index (χ4v) is 1.30. The van der Waals surface area contributed by atoms with Gasteiger partial charge in [0.15, 0.2) is 0 Å². The largest absolute Gasteiger partial charge is 0.328 e. The van der Waals surface area contributed by atoms with Crippen molar-refractivity contribution in [3.05, 3.63) is 12.2 Å². The molecule has 1 heterocycles. The number of hydrogen-bond acceptors (Lipinski definition) is 4. The maximum absolute atomic E-state index is 11.4. The van der Waals surface area contributed by atoms with Gasteiger partial charge in [0.2, 0.25) is 0 Å². The Morgan fingerprint density at radius 3 is 3.00 bits per heavy atom. The SMILES string of the molecule is CCn1ncnc1CC(=O)CC(C)N. The van der Waals surface area contributed by atoms with E-state index in [1.54, 1.807) is 4.68 Å². The molecule has 0 aliphatic heterocycles. The zero-order valence-corrected chi connectivity index (χ0v) is 8.60. The molecular formula is C9H16N4O. The Morgan fingerprint density at radius 1 is 1.71 bits per heavy atom. The van der Waals surface area contributed by atoms with Gasteiger partial charge in [-0.3, -0.25) is 4.79 Å². The predicted molar refractivity (Wildman–Crippen MR) is 52.7 cm³/mol. The van der Waals surface area contributed by atoms with Crippen molar-refractivity contribution < 1.29 is 4.79 Å². The number of carbonyl (C=O) groups is 1. The highest BCUT2D eigenvalue weighted by atomic mass is 16.1. The molecule has 0 saturated carbocycles. The Labute approximate surface area is 83.3 Å². The highest BCUT2D eigenvalue weighted by Crippen LogP contribution is 1.99. The number of rotatable bonds is 5. The Hall–Kier alpha value is -1.23. The molecule has 1 atom stereocenters. The average molecular weight is 196 g/mol. The van der Waals surface area contributed by atoms with Crippen LogP contribution >= 0.6 is 0 Å². The van der Waals surface area contributed by atoms with Crippen LogP contribution in [-0.4, -0.2) is 26.6 Å². The van der Waals surface area contributed by atoms with Gasteiger partial charge in [0, 0.05) is 19.0 Å². The van der Waals surface area contributed by atoms with Gasteiger partial charge >= 0.3 is 0 Å². The van der Waals surface area contributed by atoms with Gasteiger partial charge in [0.1, 0.15) is 17.9 Å².